The molecule has 0 saturated carbocycles. The molecule has 0 aliphatic carbocycles. The molecule has 0 spiro atoms. The van der Waals surface area contributed by atoms with Crippen molar-refractivity contribution < 1.29 is 13.2 Å². The van der Waals surface area contributed by atoms with Gasteiger partial charge >= 0.3 is 6.18 Å². The first kappa shape index (κ1) is 17.3. The second-order valence-corrected chi connectivity index (χ2v) is 6.12. The van der Waals surface area contributed by atoms with Gasteiger partial charge in [-0.2, -0.15) is 13.2 Å². The van der Waals surface area contributed by atoms with Crippen LogP contribution in [0.15, 0.2) is 18.2 Å². The summed E-state index contributed by atoms with van der Waals surface area (Å²) in [5.74, 6) is 0.511. The number of benzene rings is 1. The SMILES string of the molecule is CC(C)CC(C)N(C)c1ccc(CBr)c(C(F)(F)F)c1. The zero-order chi connectivity index (χ0) is 15.5. The van der Waals surface area contributed by atoms with Crippen molar-refractivity contribution in [1.29, 1.82) is 0 Å². The maximum atomic E-state index is 13.1. The van der Waals surface area contributed by atoms with Gasteiger partial charge in [-0.25, -0.2) is 0 Å². The Balaban J connectivity index is 3.08. The summed E-state index contributed by atoms with van der Waals surface area (Å²) in [5.41, 5.74) is 0.316. The summed E-state index contributed by atoms with van der Waals surface area (Å²) < 4.78 is 39.2. The van der Waals surface area contributed by atoms with Crippen molar-refractivity contribution in [3.05, 3.63) is 29.3 Å². The minimum Gasteiger partial charge on any atom is -0.372 e. The zero-order valence-electron chi connectivity index (χ0n) is 12.3. The topological polar surface area (TPSA) is 3.24 Å². The molecule has 0 amide bonds. The summed E-state index contributed by atoms with van der Waals surface area (Å²) in [4.78, 5) is 1.91. The van der Waals surface area contributed by atoms with E-state index < -0.39 is 11.7 Å². The van der Waals surface area contributed by atoms with Gasteiger partial charge in [0.15, 0.2) is 0 Å². The van der Waals surface area contributed by atoms with Gasteiger partial charge in [-0.1, -0.05) is 35.8 Å². The van der Waals surface area contributed by atoms with Crippen LogP contribution in [0.5, 0.6) is 0 Å². The highest BCUT2D eigenvalue weighted by atomic mass is 79.9. The van der Waals surface area contributed by atoms with E-state index in [1.165, 1.54) is 6.07 Å². The highest BCUT2D eigenvalue weighted by Gasteiger charge is 2.33. The quantitative estimate of drug-likeness (QED) is 0.635. The molecule has 5 heteroatoms. The fourth-order valence-corrected chi connectivity index (χ4v) is 2.75. The predicted octanol–water partition coefficient (Wildman–Crippen LogP) is 5.47. The van der Waals surface area contributed by atoms with Crippen LogP contribution in [-0.4, -0.2) is 13.1 Å². The largest absolute Gasteiger partial charge is 0.416 e. The van der Waals surface area contributed by atoms with Crippen LogP contribution in [0.2, 0.25) is 0 Å². The molecule has 1 nitrogen and oxygen atoms in total. The smallest absolute Gasteiger partial charge is 0.372 e. The number of hydrogen-bond acceptors (Lipinski definition) is 1. The van der Waals surface area contributed by atoms with Crippen LogP contribution in [-0.2, 0) is 11.5 Å². The normalized spacial score (nSPS) is 13.7. The van der Waals surface area contributed by atoms with Crippen LogP contribution in [0.4, 0.5) is 18.9 Å². The van der Waals surface area contributed by atoms with E-state index in [-0.39, 0.29) is 16.9 Å². The monoisotopic (exact) mass is 351 g/mol. The molecule has 0 aromatic heterocycles. The summed E-state index contributed by atoms with van der Waals surface area (Å²) in [5, 5.41) is 0.202. The van der Waals surface area contributed by atoms with E-state index >= 15 is 0 Å². The van der Waals surface area contributed by atoms with Crippen molar-refractivity contribution in [3.63, 3.8) is 0 Å². The first-order valence-corrected chi connectivity index (χ1v) is 7.77. The van der Waals surface area contributed by atoms with Gasteiger partial charge in [-0.3, -0.25) is 0 Å². The highest BCUT2D eigenvalue weighted by molar-refractivity contribution is 9.08. The third-order valence-electron chi connectivity index (χ3n) is 3.42. The summed E-state index contributed by atoms with van der Waals surface area (Å²) in [7, 11) is 1.84. The minimum atomic E-state index is -4.32. The summed E-state index contributed by atoms with van der Waals surface area (Å²) in [6.45, 7) is 6.25. The van der Waals surface area contributed by atoms with Crippen molar-refractivity contribution in [2.24, 2.45) is 5.92 Å². The van der Waals surface area contributed by atoms with E-state index in [0.29, 0.717) is 11.6 Å². The number of halogens is 4. The van der Waals surface area contributed by atoms with E-state index in [1.807, 2.05) is 18.9 Å². The summed E-state index contributed by atoms with van der Waals surface area (Å²) in [6, 6.07) is 4.74. The molecule has 0 fully saturated rings. The maximum absolute atomic E-state index is 13.1. The van der Waals surface area contributed by atoms with Gasteiger partial charge in [0.2, 0.25) is 0 Å². The van der Waals surface area contributed by atoms with Crippen LogP contribution >= 0.6 is 15.9 Å². The van der Waals surface area contributed by atoms with Crippen molar-refractivity contribution in [2.75, 3.05) is 11.9 Å². The second kappa shape index (κ2) is 6.83. The average molecular weight is 352 g/mol. The highest BCUT2D eigenvalue weighted by Crippen LogP contribution is 2.35. The van der Waals surface area contributed by atoms with Crippen molar-refractivity contribution >= 4 is 21.6 Å². The van der Waals surface area contributed by atoms with Crippen LogP contribution in [0.1, 0.15) is 38.3 Å². The van der Waals surface area contributed by atoms with Crippen LogP contribution < -0.4 is 4.90 Å². The Labute approximate surface area is 127 Å². The molecule has 0 radical (unpaired) electrons. The number of anilines is 1. The molecule has 0 saturated heterocycles. The number of hydrogen-bond donors (Lipinski definition) is 0. The van der Waals surface area contributed by atoms with Gasteiger partial charge in [0.05, 0.1) is 5.56 Å². The molecule has 1 unspecified atom stereocenters. The van der Waals surface area contributed by atoms with Crippen LogP contribution in [0.3, 0.4) is 0 Å². The van der Waals surface area contributed by atoms with E-state index in [2.05, 4.69) is 29.8 Å². The third-order valence-corrected chi connectivity index (χ3v) is 4.03. The fourth-order valence-electron chi connectivity index (χ4n) is 2.26. The Kier molecular flexibility index (Phi) is 5.92. The Morgan fingerprint density at radius 1 is 1.20 bits per heavy atom. The second-order valence-electron chi connectivity index (χ2n) is 5.56. The first-order valence-electron chi connectivity index (χ1n) is 6.65. The van der Waals surface area contributed by atoms with E-state index in [0.717, 1.165) is 6.42 Å². The molecule has 0 aliphatic heterocycles. The molecule has 114 valence electrons. The van der Waals surface area contributed by atoms with Gasteiger partial charge in [0.1, 0.15) is 0 Å². The fraction of sp³-hybridized carbons (Fsp3) is 0.600. The van der Waals surface area contributed by atoms with Gasteiger partial charge in [-0.15, -0.1) is 0 Å². The molecule has 1 rings (SSSR count). The Morgan fingerprint density at radius 2 is 1.80 bits per heavy atom. The van der Waals surface area contributed by atoms with E-state index in [4.69, 9.17) is 0 Å². The standard InChI is InChI=1S/C15H21BrF3N/c1-10(2)7-11(3)20(4)13-6-5-12(9-16)14(8-13)15(17,18)19/h5-6,8,10-11H,7,9H2,1-4H3. The molecular weight excluding hydrogens is 331 g/mol. The molecule has 0 bridgehead atoms. The minimum absolute atomic E-state index is 0.200. The number of rotatable bonds is 5. The third kappa shape index (κ3) is 4.40. The lowest BCUT2D eigenvalue weighted by atomic mass is 10.0. The molecule has 1 aromatic rings. The molecular formula is C15H21BrF3N. The summed E-state index contributed by atoms with van der Waals surface area (Å²) in [6.07, 6.45) is -3.38. The lowest BCUT2D eigenvalue weighted by molar-refractivity contribution is -0.138. The Morgan fingerprint density at radius 3 is 2.25 bits per heavy atom. The maximum Gasteiger partial charge on any atom is 0.416 e. The average Bonchev–Trinajstić information content (AvgIpc) is 2.35. The zero-order valence-corrected chi connectivity index (χ0v) is 13.8. The van der Waals surface area contributed by atoms with Crippen LogP contribution in [0.25, 0.3) is 0 Å². The Hall–Kier alpha value is -0.710. The molecule has 0 aliphatic rings. The Bertz CT molecular complexity index is 443. The van der Waals surface area contributed by atoms with Gasteiger partial charge < -0.3 is 4.90 Å². The number of nitrogens with zero attached hydrogens (tertiary/aromatic N) is 1. The lowest BCUT2D eigenvalue weighted by Gasteiger charge is -2.29. The molecule has 1 atom stereocenters. The van der Waals surface area contributed by atoms with Crippen molar-refractivity contribution in [2.45, 2.75) is 44.7 Å². The molecule has 0 N–H and O–H groups in total. The summed E-state index contributed by atoms with van der Waals surface area (Å²) >= 11 is 3.11. The van der Waals surface area contributed by atoms with Gasteiger partial charge in [-0.05, 0) is 37.0 Å². The van der Waals surface area contributed by atoms with E-state index in [9.17, 15) is 13.2 Å². The molecule has 0 heterocycles. The van der Waals surface area contributed by atoms with Crippen molar-refractivity contribution in [3.8, 4) is 0 Å². The molecule has 1 aromatic carbocycles. The van der Waals surface area contributed by atoms with Crippen LogP contribution in [0, 0.1) is 5.92 Å². The first-order chi connectivity index (χ1) is 9.16. The number of alkyl halides is 4. The molecule has 20 heavy (non-hydrogen) atoms. The predicted molar refractivity (Wildman–Crippen MR) is 81.4 cm³/mol. The van der Waals surface area contributed by atoms with Crippen molar-refractivity contribution in [1.82, 2.24) is 0 Å². The van der Waals surface area contributed by atoms with Gasteiger partial charge in [0.25, 0.3) is 0 Å². The van der Waals surface area contributed by atoms with E-state index in [1.54, 1.807) is 12.1 Å². The lowest BCUT2D eigenvalue weighted by Crippen LogP contribution is -2.30. The van der Waals surface area contributed by atoms with Gasteiger partial charge in [0, 0.05) is 24.1 Å².